The van der Waals surface area contributed by atoms with Crippen LogP contribution in [0.1, 0.15) is 0 Å². The van der Waals surface area contributed by atoms with Crippen molar-refractivity contribution >= 4 is 50.5 Å². The second kappa shape index (κ2) is 7.17. The van der Waals surface area contributed by atoms with Crippen molar-refractivity contribution in [1.82, 2.24) is 9.97 Å². The van der Waals surface area contributed by atoms with Crippen LogP contribution < -0.4 is 4.72 Å². The second-order valence-electron chi connectivity index (χ2n) is 4.93. The lowest BCUT2D eigenvalue weighted by molar-refractivity contribution is 0.601. The third-order valence-corrected chi connectivity index (χ3v) is 5.38. The molecule has 5 nitrogen and oxygen atoms in total. The van der Waals surface area contributed by atoms with E-state index in [1.54, 1.807) is 12.1 Å². The molecule has 128 valence electrons. The quantitative estimate of drug-likeness (QED) is 0.616. The fourth-order valence-electron chi connectivity index (χ4n) is 2.02. The van der Waals surface area contributed by atoms with Gasteiger partial charge < -0.3 is 0 Å². The molecule has 0 saturated carbocycles. The molecule has 9 heteroatoms. The standard InChI is InChI=1S/C16H10Cl3N3O2S/c17-11-6-8-12(9-7-11)25(23,24)22-13-14(18)20-16(21-15(13)19)10-4-2-1-3-5-10/h1-9,22H. The highest BCUT2D eigenvalue weighted by Gasteiger charge is 2.20. The fourth-order valence-corrected chi connectivity index (χ4v) is 3.81. The average molecular weight is 415 g/mol. The van der Waals surface area contributed by atoms with Crippen molar-refractivity contribution in [3.8, 4) is 11.4 Å². The normalized spacial score (nSPS) is 11.3. The Kier molecular flexibility index (Phi) is 5.15. The van der Waals surface area contributed by atoms with Gasteiger partial charge in [-0.15, -0.1) is 0 Å². The number of benzene rings is 2. The van der Waals surface area contributed by atoms with E-state index in [4.69, 9.17) is 34.8 Å². The van der Waals surface area contributed by atoms with E-state index in [9.17, 15) is 8.42 Å². The summed E-state index contributed by atoms with van der Waals surface area (Å²) in [7, 11) is -3.91. The fraction of sp³-hybridized carbons (Fsp3) is 0. The Morgan fingerprint density at radius 1 is 0.800 bits per heavy atom. The smallest absolute Gasteiger partial charge is 0.262 e. The van der Waals surface area contributed by atoms with Gasteiger partial charge in [0.15, 0.2) is 16.1 Å². The van der Waals surface area contributed by atoms with Gasteiger partial charge in [0, 0.05) is 10.6 Å². The molecule has 0 fully saturated rings. The van der Waals surface area contributed by atoms with Gasteiger partial charge in [0.25, 0.3) is 10.0 Å². The highest BCUT2D eigenvalue weighted by Crippen LogP contribution is 2.32. The van der Waals surface area contributed by atoms with Gasteiger partial charge in [0.1, 0.15) is 5.69 Å². The van der Waals surface area contributed by atoms with E-state index in [0.717, 1.165) is 0 Å². The van der Waals surface area contributed by atoms with Crippen LogP contribution in [0.25, 0.3) is 11.4 Å². The lowest BCUT2D eigenvalue weighted by atomic mass is 10.2. The summed E-state index contributed by atoms with van der Waals surface area (Å²) in [5.74, 6) is 0.296. The maximum Gasteiger partial charge on any atom is 0.262 e. The molecule has 0 aliphatic rings. The van der Waals surface area contributed by atoms with Crippen molar-refractivity contribution in [2.75, 3.05) is 4.72 Å². The molecule has 3 aromatic rings. The zero-order chi connectivity index (χ0) is 18.0. The molecule has 0 atom stereocenters. The first-order valence-electron chi connectivity index (χ1n) is 6.94. The third kappa shape index (κ3) is 4.04. The summed E-state index contributed by atoms with van der Waals surface area (Å²) in [5, 5.41) is 0.221. The molecule has 0 amide bonds. The van der Waals surface area contributed by atoms with Crippen LogP contribution in [0.15, 0.2) is 59.5 Å². The Balaban J connectivity index is 1.97. The van der Waals surface area contributed by atoms with E-state index in [0.29, 0.717) is 16.4 Å². The lowest BCUT2D eigenvalue weighted by Crippen LogP contribution is -2.14. The predicted octanol–water partition coefficient (Wildman–Crippen LogP) is 4.90. The van der Waals surface area contributed by atoms with Gasteiger partial charge in [0.05, 0.1) is 4.90 Å². The average Bonchev–Trinajstić information content (AvgIpc) is 2.59. The summed E-state index contributed by atoms with van der Waals surface area (Å²) < 4.78 is 27.2. The molecule has 0 radical (unpaired) electrons. The molecule has 0 spiro atoms. The summed E-state index contributed by atoms with van der Waals surface area (Å²) >= 11 is 18.0. The van der Waals surface area contributed by atoms with E-state index < -0.39 is 10.0 Å². The number of sulfonamides is 1. The van der Waals surface area contributed by atoms with Crippen molar-refractivity contribution in [2.45, 2.75) is 4.90 Å². The van der Waals surface area contributed by atoms with Crippen molar-refractivity contribution in [1.29, 1.82) is 0 Å². The molecule has 0 aliphatic heterocycles. The first-order valence-corrected chi connectivity index (χ1v) is 9.55. The topological polar surface area (TPSA) is 72.0 Å². The zero-order valence-corrected chi connectivity index (χ0v) is 15.5. The molecule has 1 N–H and O–H groups in total. The monoisotopic (exact) mass is 413 g/mol. The summed E-state index contributed by atoms with van der Waals surface area (Å²) in [6.07, 6.45) is 0. The molecule has 0 bridgehead atoms. The highest BCUT2D eigenvalue weighted by atomic mass is 35.5. The molecule has 2 aromatic carbocycles. The van der Waals surface area contributed by atoms with Gasteiger partial charge in [-0.05, 0) is 24.3 Å². The molecule has 1 aromatic heterocycles. The van der Waals surface area contributed by atoms with E-state index in [-0.39, 0.29) is 20.9 Å². The van der Waals surface area contributed by atoms with E-state index in [2.05, 4.69) is 14.7 Å². The third-order valence-electron chi connectivity index (χ3n) is 3.21. The molecule has 3 rings (SSSR count). The van der Waals surface area contributed by atoms with E-state index >= 15 is 0 Å². The maximum absolute atomic E-state index is 12.4. The Morgan fingerprint density at radius 3 is 1.92 bits per heavy atom. The van der Waals surface area contributed by atoms with Gasteiger partial charge >= 0.3 is 0 Å². The SMILES string of the molecule is O=S(=O)(Nc1c(Cl)nc(-c2ccccc2)nc1Cl)c1ccc(Cl)cc1. The summed E-state index contributed by atoms with van der Waals surface area (Å²) in [5.41, 5.74) is 0.622. The van der Waals surface area contributed by atoms with Gasteiger partial charge in [-0.25, -0.2) is 18.4 Å². The zero-order valence-electron chi connectivity index (χ0n) is 12.4. The number of anilines is 1. The van der Waals surface area contributed by atoms with Gasteiger partial charge in [-0.3, -0.25) is 4.72 Å². The van der Waals surface area contributed by atoms with Crippen LogP contribution in [0.3, 0.4) is 0 Å². The molecular weight excluding hydrogens is 405 g/mol. The van der Waals surface area contributed by atoms with Crippen LogP contribution in [0.5, 0.6) is 0 Å². The predicted molar refractivity (Wildman–Crippen MR) is 99.7 cm³/mol. The van der Waals surface area contributed by atoms with Gasteiger partial charge in [-0.1, -0.05) is 65.1 Å². The van der Waals surface area contributed by atoms with Crippen LogP contribution in [0.4, 0.5) is 5.69 Å². The minimum Gasteiger partial charge on any atom is -0.274 e. The van der Waals surface area contributed by atoms with Gasteiger partial charge in [0.2, 0.25) is 0 Å². The first-order chi connectivity index (χ1) is 11.9. The molecule has 0 saturated heterocycles. The van der Waals surface area contributed by atoms with E-state index in [1.807, 2.05) is 18.2 Å². The molecule has 1 heterocycles. The van der Waals surface area contributed by atoms with Crippen molar-refractivity contribution in [3.63, 3.8) is 0 Å². The number of nitrogens with one attached hydrogen (secondary N) is 1. The number of hydrogen-bond acceptors (Lipinski definition) is 4. The van der Waals surface area contributed by atoms with Crippen LogP contribution in [0, 0.1) is 0 Å². The minimum absolute atomic E-state index is 0.0103. The van der Waals surface area contributed by atoms with Crippen LogP contribution in [-0.4, -0.2) is 18.4 Å². The molecular formula is C16H10Cl3N3O2S. The number of aromatic nitrogens is 2. The van der Waals surface area contributed by atoms with Crippen LogP contribution >= 0.6 is 34.8 Å². The van der Waals surface area contributed by atoms with E-state index in [1.165, 1.54) is 24.3 Å². The Bertz CT molecular complexity index is 988. The van der Waals surface area contributed by atoms with Gasteiger partial charge in [-0.2, -0.15) is 0 Å². The van der Waals surface area contributed by atoms with Crippen molar-refractivity contribution < 1.29 is 8.42 Å². The Morgan fingerprint density at radius 2 is 1.36 bits per heavy atom. The molecule has 25 heavy (non-hydrogen) atoms. The molecule has 0 unspecified atom stereocenters. The summed E-state index contributed by atoms with van der Waals surface area (Å²) in [4.78, 5) is 8.25. The maximum atomic E-state index is 12.4. The number of nitrogens with zero attached hydrogens (tertiary/aromatic N) is 2. The largest absolute Gasteiger partial charge is 0.274 e. The summed E-state index contributed by atoms with van der Waals surface area (Å²) in [6.45, 7) is 0. The lowest BCUT2D eigenvalue weighted by Gasteiger charge is -2.11. The van der Waals surface area contributed by atoms with Crippen LogP contribution in [-0.2, 0) is 10.0 Å². The number of halogens is 3. The number of hydrogen-bond donors (Lipinski definition) is 1. The van der Waals surface area contributed by atoms with Crippen LogP contribution in [0.2, 0.25) is 15.3 Å². The molecule has 0 aliphatic carbocycles. The van der Waals surface area contributed by atoms with Crippen molar-refractivity contribution in [3.05, 3.63) is 69.9 Å². The van der Waals surface area contributed by atoms with Crippen molar-refractivity contribution in [2.24, 2.45) is 0 Å². The number of rotatable bonds is 4. The Hall–Kier alpha value is -1.86. The highest BCUT2D eigenvalue weighted by molar-refractivity contribution is 7.92. The Labute approximate surface area is 159 Å². The minimum atomic E-state index is -3.91. The second-order valence-corrected chi connectivity index (χ2v) is 7.76. The first kappa shape index (κ1) is 17.9. The summed E-state index contributed by atoms with van der Waals surface area (Å²) in [6, 6.07) is 14.7.